The lowest BCUT2D eigenvalue weighted by Gasteiger charge is -2.09. The number of carbonyl (C=O) groups is 2. The van der Waals surface area contributed by atoms with E-state index in [9.17, 15) is 18.0 Å². The molecule has 0 N–H and O–H groups in total. The predicted octanol–water partition coefficient (Wildman–Crippen LogP) is 3.32. The number of sulfone groups is 1. The monoisotopic (exact) mass is 412 g/mol. The highest BCUT2D eigenvalue weighted by Crippen LogP contribution is 2.26. The fourth-order valence-electron chi connectivity index (χ4n) is 2.80. The number of ether oxygens (including phenoxy) is 1. The van der Waals surface area contributed by atoms with E-state index in [1.165, 1.54) is 19.1 Å². The molecule has 8 heteroatoms. The van der Waals surface area contributed by atoms with Gasteiger partial charge in [-0.3, -0.25) is 4.79 Å². The Hall–Kier alpha value is -3.26. The van der Waals surface area contributed by atoms with E-state index in [-0.39, 0.29) is 23.0 Å². The van der Waals surface area contributed by atoms with Crippen molar-refractivity contribution >= 4 is 21.6 Å². The zero-order chi connectivity index (χ0) is 21.2. The minimum Gasteiger partial charge on any atom is -0.461 e. The van der Waals surface area contributed by atoms with Crippen LogP contribution in [0.3, 0.4) is 0 Å². The normalized spacial score (nSPS) is 11.3. The lowest BCUT2D eigenvalue weighted by Crippen LogP contribution is -2.07. The highest BCUT2D eigenvalue weighted by molar-refractivity contribution is 7.90. The van der Waals surface area contributed by atoms with Gasteiger partial charge < -0.3 is 4.74 Å². The van der Waals surface area contributed by atoms with Crippen LogP contribution in [0.5, 0.6) is 0 Å². The maximum atomic E-state index is 12.2. The minimum absolute atomic E-state index is 0.0548. The molecule has 0 saturated heterocycles. The predicted molar refractivity (Wildman–Crippen MR) is 108 cm³/mol. The van der Waals surface area contributed by atoms with Crippen molar-refractivity contribution in [2.45, 2.75) is 18.7 Å². The molecule has 0 fully saturated rings. The zero-order valence-electron chi connectivity index (χ0n) is 16.2. The van der Waals surface area contributed by atoms with Gasteiger partial charge in [0, 0.05) is 17.4 Å². The molecule has 0 aliphatic heterocycles. The van der Waals surface area contributed by atoms with E-state index in [2.05, 4.69) is 5.10 Å². The SMILES string of the molecule is CCOC(=O)c1cc(-c2ccc(S(C)(=O)=O)cc2)n(-c2ccc(C(C)=O)cc2)n1. The summed E-state index contributed by atoms with van der Waals surface area (Å²) >= 11 is 0. The van der Waals surface area contributed by atoms with Crippen LogP contribution in [-0.2, 0) is 14.6 Å². The Labute approximate surface area is 168 Å². The molecule has 3 aromatic rings. The van der Waals surface area contributed by atoms with Crippen molar-refractivity contribution < 1.29 is 22.7 Å². The number of aromatic nitrogens is 2. The Morgan fingerprint density at radius 2 is 1.66 bits per heavy atom. The van der Waals surface area contributed by atoms with Crippen molar-refractivity contribution in [1.82, 2.24) is 9.78 Å². The van der Waals surface area contributed by atoms with Gasteiger partial charge in [-0.15, -0.1) is 0 Å². The highest BCUT2D eigenvalue weighted by atomic mass is 32.2. The Morgan fingerprint density at radius 1 is 1.03 bits per heavy atom. The maximum Gasteiger partial charge on any atom is 0.358 e. The second-order valence-electron chi connectivity index (χ2n) is 6.45. The first kappa shape index (κ1) is 20.5. The van der Waals surface area contributed by atoms with Crippen LogP contribution in [0.15, 0.2) is 59.5 Å². The quantitative estimate of drug-likeness (QED) is 0.455. The molecule has 0 aliphatic carbocycles. The zero-order valence-corrected chi connectivity index (χ0v) is 17.1. The standard InChI is InChI=1S/C21H20N2O5S/c1-4-28-21(25)19-13-20(16-7-11-18(12-8-16)29(3,26)27)23(22-19)17-9-5-15(6-10-17)14(2)24/h5-13H,4H2,1-3H3. The van der Waals surface area contributed by atoms with E-state index in [0.717, 1.165) is 6.26 Å². The largest absolute Gasteiger partial charge is 0.461 e. The Balaban J connectivity index is 2.11. The van der Waals surface area contributed by atoms with Gasteiger partial charge >= 0.3 is 5.97 Å². The van der Waals surface area contributed by atoms with Crippen LogP contribution in [0.25, 0.3) is 16.9 Å². The number of hydrogen-bond acceptors (Lipinski definition) is 6. The summed E-state index contributed by atoms with van der Waals surface area (Å²) in [6.45, 7) is 3.41. The van der Waals surface area contributed by atoms with Crippen LogP contribution < -0.4 is 0 Å². The molecule has 0 atom stereocenters. The number of ketones is 1. The molecular formula is C21H20N2O5S. The van der Waals surface area contributed by atoms with Gasteiger partial charge in [-0.1, -0.05) is 12.1 Å². The van der Waals surface area contributed by atoms with Gasteiger partial charge in [0.1, 0.15) is 0 Å². The molecule has 29 heavy (non-hydrogen) atoms. The van der Waals surface area contributed by atoms with Crippen LogP contribution in [0, 0.1) is 0 Å². The first-order valence-electron chi connectivity index (χ1n) is 8.89. The minimum atomic E-state index is -3.32. The fraction of sp³-hybridized carbons (Fsp3) is 0.190. The third-order valence-corrected chi connectivity index (χ3v) is 5.42. The lowest BCUT2D eigenvalue weighted by atomic mass is 10.1. The molecule has 0 saturated carbocycles. The third kappa shape index (κ3) is 4.43. The number of benzene rings is 2. The topological polar surface area (TPSA) is 95.3 Å². The molecule has 0 amide bonds. The van der Waals surface area contributed by atoms with E-state index in [1.54, 1.807) is 54.1 Å². The average molecular weight is 412 g/mol. The van der Waals surface area contributed by atoms with E-state index in [4.69, 9.17) is 4.74 Å². The van der Waals surface area contributed by atoms with Crippen molar-refractivity contribution in [2.24, 2.45) is 0 Å². The van der Waals surface area contributed by atoms with Crippen molar-refractivity contribution in [1.29, 1.82) is 0 Å². The summed E-state index contributed by atoms with van der Waals surface area (Å²) < 4.78 is 30.0. The highest BCUT2D eigenvalue weighted by Gasteiger charge is 2.18. The summed E-state index contributed by atoms with van der Waals surface area (Å²) in [4.78, 5) is 23.9. The molecular weight excluding hydrogens is 392 g/mol. The lowest BCUT2D eigenvalue weighted by molar-refractivity contribution is 0.0519. The van der Waals surface area contributed by atoms with Gasteiger partial charge in [0.2, 0.25) is 0 Å². The van der Waals surface area contributed by atoms with Crippen LogP contribution in [0.1, 0.15) is 34.7 Å². The number of rotatable bonds is 6. The Morgan fingerprint density at radius 3 is 2.17 bits per heavy atom. The van der Waals surface area contributed by atoms with E-state index < -0.39 is 15.8 Å². The molecule has 0 bridgehead atoms. The van der Waals surface area contributed by atoms with Gasteiger partial charge in [-0.2, -0.15) is 5.10 Å². The summed E-state index contributed by atoms with van der Waals surface area (Å²) in [5.74, 6) is -0.610. The van der Waals surface area contributed by atoms with Crippen molar-refractivity contribution in [3.05, 3.63) is 65.9 Å². The first-order chi connectivity index (χ1) is 13.7. The molecule has 2 aromatic carbocycles. The number of carbonyl (C=O) groups excluding carboxylic acids is 2. The fourth-order valence-corrected chi connectivity index (χ4v) is 3.43. The van der Waals surface area contributed by atoms with Crippen molar-refractivity contribution in [2.75, 3.05) is 12.9 Å². The summed E-state index contributed by atoms with van der Waals surface area (Å²) in [6.07, 6.45) is 1.14. The third-order valence-electron chi connectivity index (χ3n) is 4.29. The average Bonchev–Trinajstić information content (AvgIpc) is 3.13. The number of nitrogens with zero attached hydrogens (tertiary/aromatic N) is 2. The first-order valence-corrected chi connectivity index (χ1v) is 10.8. The van der Waals surface area contributed by atoms with E-state index >= 15 is 0 Å². The molecule has 3 rings (SSSR count). The van der Waals surface area contributed by atoms with Gasteiger partial charge in [-0.25, -0.2) is 17.9 Å². The smallest absolute Gasteiger partial charge is 0.358 e. The molecule has 1 heterocycles. The van der Waals surface area contributed by atoms with Crippen LogP contribution in [0.2, 0.25) is 0 Å². The summed E-state index contributed by atoms with van der Waals surface area (Å²) in [5, 5.41) is 4.36. The van der Waals surface area contributed by atoms with E-state index in [1.807, 2.05) is 0 Å². The van der Waals surface area contributed by atoms with Crippen molar-refractivity contribution in [3.63, 3.8) is 0 Å². The molecule has 0 radical (unpaired) electrons. The number of hydrogen-bond donors (Lipinski definition) is 0. The number of Topliss-reactive ketones (excluding diaryl/α,β-unsaturated/α-hetero) is 1. The van der Waals surface area contributed by atoms with Gasteiger partial charge in [0.25, 0.3) is 0 Å². The second kappa shape index (κ2) is 8.00. The van der Waals surface area contributed by atoms with E-state index in [0.29, 0.717) is 22.5 Å². The summed E-state index contributed by atoms with van der Waals surface area (Å²) in [5.41, 5.74) is 2.60. The molecule has 0 unspecified atom stereocenters. The summed E-state index contributed by atoms with van der Waals surface area (Å²) in [6, 6.07) is 14.7. The maximum absolute atomic E-state index is 12.2. The molecule has 7 nitrogen and oxygen atoms in total. The Kier molecular flexibility index (Phi) is 5.65. The summed E-state index contributed by atoms with van der Waals surface area (Å²) in [7, 11) is -3.32. The molecule has 0 aliphatic rings. The molecule has 1 aromatic heterocycles. The Bertz CT molecular complexity index is 1160. The second-order valence-corrected chi connectivity index (χ2v) is 8.46. The van der Waals surface area contributed by atoms with Gasteiger partial charge in [0.05, 0.1) is 22.9 Å². The van der Waals surface area contributed by atoms with Crippen LogP contribution in [0.4, 0.5) is 0 Å². The van der Waals surface area contributed by atoms with Crippen molar-refractivity contribution in [3.8, 4) is 16.9 Å². The van der Waals surface area contributed by atoms with Crippen LogP contribution >= 0.6 is 0 Å². The van der Waals surface area contributed by atoms with Gasteiger partial charge in [0.15, 0.2) is 21.3 Å². The molecule has 150 valence electrons. The number of esters is 1. The van der Waals surface area contributed by atoms with Crippen LogP contribution in [-0.4, -0.2) is 42.8 Å². The van der Waals surface area contributed by atoms with Gasteiger partial charge in [-0.05, 0) is 56.3 Å². The molecule has 0 spiro atoms.